The Labute approximate surface area is 212 Å². The maximum absolute atomic E-state index is 13.2. The van der Waals surface area contributed by atoms with Gasteiger partial charge in [-0.2, -0.15) is 0 Å². The predicted octanol–water partition coefficient (Wildman–Crippen LogP) is 2.90. The van der Waals surface area contributed by atoms with Crippen LogP contribution in [-0.2, 0) is 10.5 Å². The SMILES string of the molecule is CN1CCC(N2CCCN([C@@](NC(=O)Nc3ccc(Cl)cc3)(C(N)=O)c3ccccc3)CC2)CC1. The van der Waals surface area contributed by atoms with Crippen LogP contribution in [0.1, 0.15) is 24.8 Å². The zero-order valence-electron chi connectivity index (χ0n) is 20.3. The average Bonchev–Trinajstić information content (AvgIpc) is 3.11. The van der Waals surface area contributed by atoms with Crippen LogP contribution in [0.25, 0.3) is 0 Å². The van der Waals surface area contributed by atoms with Gasteiger partial charge in [-0.25, -0.2) is 4.79 Å². The Kier molecular flexibility index (Phi) is 8.28. The van der Waals surface area contributed by atoms with Gasteiger partial charge in [-0.15, -0.1) is 0 Å². The molecule has 0 spiro atoms. The maximum atomic E-state index is 13.2. The molecule has 0 aliphatic carbocycles. The van der Waals surface area contributed by atoms with Gasteiger partial charge in [0.15, 0.2) is 0 Å². The summed E-state index contributed by atoms with van der Waals surface area (Å²) in [7, 11) is 2.17. The molecule has 0 aromatic heterocycles. The first-order valence-corrected chi connectivity index (χ1v) is 12.6. The number of carbonyl (C=O) groups excluding carboxylic acids is 2. The largest absolute Gasteiger partial charge is 0.366 e. The third kappa shape index (κ3) is 5.95. The van der Waals surface area contributed by atoms with Crippen LogP contribution in [0.3, 0.4) is 0 Å². The van der Waals surface area contributed by atoms with Crippen molar-refractivity contribution in [3.8, 4) is 0 Å². The highest BCUT2D eigenvalue weighted by Gasteiger charge is 2.46. The summed E-state index contributed by atoms with van der Waals surface area (Å²) < 4.78 is 0. The fourth-order valence-corrected chi connectivity index (χ4v) is 5.36. The van der Waals surface area contributed by atoms with Crippen molar-refractivity contribution in [3.63, 3.8) is 0 Å². The van der Waals surface area contributed by atoms with Crippen molar-refractivity contribution in [1.29, 1.82) is 0 Å². The summed E-state index contributed by atoms with van der Waals surface area (Å²) in [5.41, 5.74) is 5.83. The minimum Gasteiger partial charge on any atom is -0.366 e. The third-order valence-corrected chi connectivity index (χ3v) is 7.41. The number of rotatable bonds is 6. The first-order valence-electron chi connectivity index (χ1n) is 12.3. The molecule has 4 N–H and O–H groups in total. The minimum absolute atomic E-state index is 0.508. The van der Waals surface area contributed by atoms with E-state index in [1.807, 2.05) is 35.2 Å². The van der Waals surface area contributed by atoms with Crippen molar-refractivity contribution in [1.82, 2.24) is 20.0 Å². The second kappa shape index (κ2) is 11.4. The Morgan fingerprint density at radius 2 is 1.63 bits per heavy atom. The van der Waals surface area contributed by atoms with E-state index in [1.165, 1.54) is 0 Å². The van der Waals surface area contributed by atoms with E-state index in [1.54, 1.807) is 24.3 Å². The first kappa shape index (κ1) is 25.4. The van der Waals surface area contributed by atoms with Gasteiger partial charge in [-0.05, 0) is 70.2 Å². The molecule has 2 heterocycles. The van der Waals surface area contributed by atoms with Crippen molar-refractivity contribution >= 4 is 29.2 Å². The Morgan fingerprint density at radius 3 is 2.29 bits per heavy atom. The number of piperidine rings is 1. The van der Waals surface area contributed by atoms with Gasteiger partial charge < -0.3 is 21.3 Å². The monoisotopic (exact) mass is 498 g/mol. The topological polar surface area (TPSA) is 93.9 Å². The summed E-state index contributed by atoms with van der Waals surface area (Å²) in [5.74, 6) is -0.609. The van der Waals surface area contributed by atoms with Gasteiger partial charge in [0.25, 0.3) is 5.91 Å². The standard InChI is InChI=1S/C26H35ClN6O2/c1-31-16-12-23(13-17-31)32-14-5-15-33(19-18-32)26(24(28)34,20-6-3-2-4-7-20)30-25(35)29-22-10-8-21(27)9-11-22/h2-4,6-11,23H,5,12-19H2,1H3,(H2,28,34)(H2,29,30,35)/t26-/m1/s1. The summed E-state index contributed by atoms with van der Waals surface area (Å²) in [6, 6.07) is 16.1. The number of anilines is 1. The molecule has 188 valence electrons. The highest BCUT2D eigenvalue weighted by Crippen LogP contribution is 2.29. The Bertz CT molecular complexity index is 997. The Morgan fingerprint density at radius 1 is 0.943 bits per heavy atom. The number of primary amides is 1. The van der Waals surface area contributed by atoms with E-state index >= 15 is 0 Å². The number of halogens is 1. The van der Waals surface area contributed by atoms with Crippen LogP contribution in [0, 0.1) is 0 Å². The fraction of sp³-hybridized carbons (Fsp3) is 0.462. The summed E-state index contributed by atoms with van der Waals surface area (Å²) in [6.45, 7) is 5.24. The molecule has 2 aromatic carbocycles. The van der Waals surface area contributed by atoms with E-state index in [0.29, 0.717) is 35.4 Å². The molecule has 9 heteroatoms. The van der Waals surface area contributed by atoms with E-state index in [2.05, 4.69) is 27.5 Å². The molecule has 35 heavy (non-hydrogen) atoms. The lowest BCUT2D eigenvalue weighted by molar-refractivity contribution is -0.132. The minimum atomic E-state index is -1.47. The molecule has 2 saturated heterocycles. The number of nitrogens with two attached hydrogens (primary N) is 1. The highest BCUT2D eigenvalue weighted by molar-refractivity contribution is 6.30. The van der Waals surface area contributed by atoms with Crippen LogP contribution in [0.15, 0.2) is 54.6 Å². The van der Waals surface area contributed by atoms with Gasteiger partial charge in [-0.3, -0.25) is 14.6 Å². The van der Waals surface area contributed by atoms with Crippen LogP contribution in [0.4, 0.5) is 10.5 Å². The molecule has 4 rings (SSSR count). The number of hydrogen-bond acceptors (Lipinski definition) is 5. The summed E-state index contributed by atoms with van der Waals surface area (Å²) in [4.78, 5) is 33.3. The van der Waals surface area contributed by atoms with E-state index in [-0.39, 0.29) is 0 Å². The molecule has 2 aromatic rings. The Hall–Kier alpha value is -2.65. The second-order valence-corrected chi connectivity index (χ2v) is 9.87. The number of benzene rings is 2. The number of nitrogens with one attached hydrogen (secondary N) is 2. The molecular formula is C26H35ClN6O2. The molecule has 0 saturated carbocycles. The molecule has 3 amide bonds. The second-order valence-electron chi connectivity index (χ2n) is 9.44. The summed E-state index contributed by atoms with van der Waals surface area (Å²) in [5, 5.41) is 6.33. The number of nitrogens with zero attached hydrogens (tertiary/aromatic N) is 3. The van der Waals surface area contributed by atoms with Gasteiger partial charge in [0.2, 0.25) is 5.66 Å². The predicted molar refractivity (Wildman–Crippen MR) is 139 cm³/mol. The fourth-order valence-electron chi connectivity index (χ4n) is 5.23. The molecule has 8 nitrogen and oxygen atoms in total. The lowest BCUT2D eigenvalue weighted by atomic mass is 9.95. The number of carbonyl (C=O) groups is 2. The summed E-state index contributed by atoms with van der Waals surface area (Å²) in [6.07, 6.45) is 3.18. The van der Waals surface area contributed by atoms with Crippen LogP contribution in [-0.4, -0.2) is 79.0 Å². The van der Waals surface area contributed by atoms with Gasteiger partial charge in [0.1, 0.15) is 0 Å². The van der Waals surface area contributed by atoms with Crippen LogP contribution in [0.5, 0.6) is 0 Å². The smallest absolute Gasteiger partial charge is 0.321 e. The van der Waals surface area contributed by atoms with Crippen LogP contribution >= 0.6 is 11.6 Å². The third-order valence-electron chi connectivity index (χ3n) is 7.15. The average molecular weight is 499 g/mol. The van der Waals surface area contributed by atoms with Crippen molar-refractivity contribution in [3.05, 3.63) is 65.2 Å². The van der Waals surface area contributed by atoms with E-state index in [0.717, 1.165) is 45.4 Å². The van der Waals surface area contributed by atoms with Gasteiger partial charge in [0.05, 0.1) is 0 Å². The molecule has 2 aliphatic heterocycles. The lowest BCUT2D eigenvalue weighted by Gasteiger charge is -2.42. The number of likely N-dealkylation sites (tertiary alicyclic amines) is 1. The molecule has 1 atom stereocenters. The van der Waals surface area contributed by atoms with Crippen molar-refractivity contribution in [2.24, 2.45) is 5.73 Å². The highest BCUT2D eigenvalue weighted by atomic mass is 35.5. The van der Waals surface area contributed by atoms with Gasteiger partial charge in [-0.1, -0.05) is 41.9 Å². The zero-order valence-corrected chi connectivity index (χ0v) is 21.0. The normalized spacial score (nSPS) is 20.5. The quantitative estimate of drug-likeness (QED) is 0.569. The number of amides is 3. The molecule has 2 aliphatic rings. The number of urea groups is 1. The van der Waals surface area contributed by atoms with Gasteiger partial charge in [0, 0.05) is 41.9 Å². The summed E-state index contributed by atoms with van der Waals surface area (Å²) >= 11 is 5.97. The first-order chi connectivity index (χ1) is 16.9. The lowest BCUT2D eigenvalue weighted by Crippen LogP contribution is -2.66. The van der Waals surface area contributed by atoms with Crippen LogP contribution in [0.2, 0.25) is 5.02 Å². The molecule has 0 radical (unpaired) electrons. The molecule has 0 bridgehead atoms. The van der Waals surface area contributed by atoms with Gasteiger partial charge >= 0.3 is 6.03 Å². The molecular weight excluding hydrogens is 464 g/mol. The van der Waals surface area contributed by atoms with Crippen LogP contribution < -0.4 is 16.4 Å². The van der Waals surface area contributed by atoms with Crippen molar-refractivity contribution in [2.45, 2.75) is 31.0 Å². The van der Waals surface area contributed by atoms with E-state index < -0.39 is 17.6 Å². The molecule has 0 unspecified atom stereocenters. The van der Waals surface area contributed by atoms with E-state index in [4.69, 9.17) is 17.3 Å². The maximum Gasteiger partial charge on any atom is 0.321 e. The molecule has 2 fully saturated rings. The number of hydrogen-bond donors (Lipinski definition) is 3. The zero-order chi connectivity index (χ0) is 24.8. The van der Waals surface area contributed by atoms with E-state index in [9.17, 15) is 9.59 Å². The Balaban J connectivity index is 1.57. The van der Waals surface area contributed by atoms with Crippen molar-refractivity contribution < 1.29 is 9.59 Å². The van der Waals surface area contributed by atoms with Crippen molar-refractivity contribution in [2.75, 3.05) is 51.6 Å².